The van der Waals surface area contributed by atoms with Crippen molar-refractivity contribution < 1.29 is 19.4 Å². The van der Waals surface area contributed by atoms with Crippen molar-refractivity contribution in [1.82, 2.24) is 15.0 Å². The van der Waals surface area contributed by atoms with Gasteiger partial charge in [-0.3, -0.25) is 0 Å². The summed E-state index contributed by atoms with van der Waals surface area (Å²) in [7, 11) is 0. The van der Waals surface area contributed by atoms with Gasteiger partial charge < -0.3 is 14.6 Å². The van der Waals surface area contributed by atoms with Gasteiger partial charge in [-0.05, 0) is 12.8 Å². The molecule has 1 aliphatic rings. The zero-order chi connectivity index (χ0) is 12.1. The molecule has 7 heteroatoms. The van der Waals surface area contributed by atoms with Gasteiger partial charge in [-0.15, -0.1) is 5.10 Å². The third kappa shape index (κ3) is 3.50. The molecule has 0 unspecified atom stereocenters. The van der Waals surface area contributed by atoms with Crippen LogP contribution in [0.2, 0.25) is 0 Å². The molecule has 94 valence electrons. The van der Waals surface area contributed by atoms with Crippen LogP contribution in [0.15, 0.2) is 6.20 Å². The number of carboxylic acids is 1. The molecule has 0 saturated carbocycles. The second kappa shape index (κ2) is 5.74. The lowest BCUT2D eigenvalue weighted by molar-refractivity contribution is -0.0345. The summed E-state index contributed by atoms with van der Waals surface area (Å²) in [5, 5.41) is 15.9. The van der Waals surface area contributed by atoms with Gasteiger partial charge in [0.15, 0.2) is 5.69 Å². The van der Waals surface area contributed by atoms with E-state index in [1.807, 2.05) is 0 Å². The summed E-state index contributed by atoms with van der Waals surface area (Å²) in [6.45, 7) is 2.51. The van der Waals surface area contributed by atoms with Crippen molar-refractivity contribution in [3.05, 3.63) is 11.9 Å². The topological polar surface area (TPSA) is 86.5 Å². The van der Waals surface area contributed by atoms with E-state index in [1.165, 1.54) is 10.9 Å². The Morgan fingerprint density at radius 1 is 1.59 bits per heavy atom. The molecule has 0 aliphatic carbocycles. The lowest BCUT2D eigenvalue weighted by Gasteiger charge is -2.22. The molecule has 1 aliphatic heterocycles. The number of nitrogens with zero attached hydrogens (tertiary/aromatic N) is 3. The highest BCUT2D eigenvalue weighted by molar-refractivity contribution is 5.84. The molecular weight excluding hydrogens is 226 g/mol. The molecule has 1 aromatic heterocycles. The van der Waals surface area contributed by atoms with Crippen LogP contribution < -0.4 is 0 Å². The molecule has 7 nitrogen and oxygen atoms in total. The third-order valence-electron chi connectivity index (χ3n) is 2.60. The summed E-state index contributed by atoms with van der Waals surface area (Å²) >= 11 is 0. The lowest BCUT2D eigenvalue weighted by atomic mass is 10.2. The van der Waals surface area contributed by atoms with E-state index in [0.29, 0.717) is 13.2 Å². The second-order valence-corrected chi connectivity index (χ2v) is 3.85. The van der Waals surface area contributed by atoms with E-state index >= 15 is 0 Å². The van der Waals surface area contributed by atoms with E-state index in [0.717, 1.165) is 26.1 Å². The Morgan fingerprint density at radius 3 is 3.00 bits per heavy atom. The first-order valence-electron chi connectivity index (χ1n) is 5.58. The van der Waals surface area contributed by atoms with Crippen LogP contribution in [-0.2, 0) is 16.0 Å². The van der Waals surface area contributed by atoms with E-state index in [2.05, 4.69) is 10.3 Å². The first-order chi connectivity index (χ1) is 8.25. The minimum absolute atomic E-state index is 0.0453. The molecule has 0 atom stereocenters. The number of hydrogen-bond acceptors (Lipinski definition) is 5. The SMILES string of the molecule is O=C(O)c1cn(CCOC2CCOCC2)nn1. The second-order valence-electron chi connectivity index (χ2n) is 3.85. The van der Waals surface area contributed by atoms with Gasteiger partial charge >= 0.3 is 5.97 Å². The standard InChI is InChI=1S/C10H15N3O4/c14-10(15)9-7-13(12-11-9)3-6-17-8-1-4-16-5-2-8/h7-8H,1-6H2,(H,14,15). The van der Waals surface area contributed by atoms with Crippen LogP contribution in [-0.4, -0.2) is 52.0 Å². The summed E-state index contributed by atoms with van der Waals surface area (Å²) < 4.78 is 12.3. The van der Waals surface area contributed by atoms with Crippen molar-refractivity contribution in [3.8, 4) is 0 Å². The minimum atomic E-state index is -1.07. The average Bonchev–Trinajstić information content (AvgIpc) is 2.79. The number of carboxylic acid groups (broad SMARTS) is 1. The number of rotatable bonds is 5. The van der Waals surface area contributed by atoms with Crippen LogP contribution in [0.1, 0.15) is 23.3 Å². The molecule has 17 heavy (non-hydrogen) atoms. The first-order valence-corrected chi connectivity index (χ1v) is 5.58. The predicted octanol–water partition coefficient (Wildman–Crippen LogP) is 0.172. The molecule has 0 spiro atoms. The molecule has 1 fully saturated rings. The van der Waals surface area contributed by atoms with Crippen molar-refractivity contribution in [3.63, 3.8) is 0 Å². The number of hydrogen-bond donors (Lipinski definition) is 1. The summed E-state index contributed by atoms with van der Waals surface area (Å²) in [6.07, 6.45) is 3.47. The van der Waals surface area contributed by atoms with Gasteiger partial charge in [0, 0.05) is 13.2 Å². The van der Waals surface area contributed by atoms with Gasteiger partial charge in [-0.1, -0.05) is 5.21 Å². The zero-order valence-electron chi connectivity index (χ0n) is 9.41. The molecule has 2 rings (SSSR count). The Bertz CT molecular complexity index is 373. The van der Waals surface area contributed by atoms with Gasteiger partial charge in [0.05, 0.1) is 25.5 Å². The van der Waals surface area contributed by atoms with E-state index in [1.54, 1.807) is 0 Å². The van der Waals surface area contributed by atoms with Crippen molar-refractivity contribution in [1.29, 1.82) is 0 Å². The van der Waals surface area contributed by atoms with Gasteiger partial charge in [0.25, 0.3) is 0 Å². The fourth-order valence-corrected chi connectivity index (χ4v) is 1.66. The van der Waals surface area contributed by atoms with Crippen LogP contribution in [0.25, 0.3) is 0 Å². The summed E-state index contributed by atoms with van der Waals surface area (Å²) in [6, 6.07) is 0. The predicted molar refractivity (Wildman–Crippen MR) is 56.8 cm³/mol. The van der Waals surface area contributed by atoms with Crippen LogP contribution in [0.5, 0.6) is 0 Å². The van der Waals surface area contributed by atoms with Crippen molar-refractivity contribution in [2.75, 3.05) is 19.8 Å². The van der Waals surface area contributed by atoms with Crippen molar-refractivity contribution in [2.24, 2.45) is 0 Å². The molecule has 0 bridgehead atoms. The Labute approximate surface area is 98.3 Å². The van der Waals surface area contributed by atoms with Gasteiger partial charge in [-0.2, -0.15) is 0 Å². The van der Waals surface area contributed by atoms with Crippen LogP contribution >= 0.6 is 0 Å². The molecule has 1 N–H and O–H groups in total. The number of aromatic carboxylic acids is 1. The summed E-state index contributed by atoms with van der Waals surface area (Å²) in [4.78, 5) is 10.6. The van der Waals surface area contributed by atoms with Crippen molar-refractivity contribution >= 4 is 5.97 Å². The zero-order valence-corrected chi connectivity index (χ0v) is 9.41. The molecule has 1 saturated heterocycles. The third-order valence-corrected chi connectivity index (χ3v) is 2.60. The number of aromatic nitrogens is 3. The van der Waals surface area contributed by atoms with Crippen LogP contribution in [0.3, 0.4) is 0 Å². The Balaban J connectivity index is 1.71. The van der Waals surface area contributed by atoms with Gasteiger partial charge in [0.2, 0.25) is 0 Å². The van der Waals surface area contributed by atoms with E-state index in [4.69, 9.17) is 14.6 Å². The Morgan fingerprint density at radius 2 is 2.35 bits per heavy atom. The van der Waals surface area contributed by atoms with Crippen LogP contribution in [0.4, 0.5) is 0 Å². The fraction of sp³-hybridized carbons (Fsp3) is 0.700. The van der Waals surface area contributed by atoms with Crippen LogP contribution in [0, 0.1) is 0 Å². The van der Waals surface area contributed by atoms with Gasteiger partial charge in [0.1, 0.15) is 0 Å². The lowest BCUT2D eigenvalue weighted by Crippen LogP contribution is -2.24. The average molecular weight is 241 g/mol. The summed E-state index contributed by atoms with van der Waals surface area (Å²) in [5.41, 5.74) is -0.0453. The highest BCUT2D eigenvalue weighted by Gasteiger charge is 2.14. The molecular formula is C10H15N3O4. The van der Waals surface area contributed by atoms with E-state index in [-0.39, 0.29) is 11.8 Å². The highest BCUT2D eigenvalue weighted by atomic mass is 16.5. The molecule has 0 aromatic carbocycles. The Kier molecular flexibility index (Phi) is 4.05. The molecule has 1 aromatic rings. The Hall–Kier alpha value is -1.47. The quantitative estimate of drug-likeness (QED) is 0.790. The largest absolute Gasteiger partial charge is 0.476 e. The highest BCUT2D eigenvalue weighted by Crippen LogP contribution is 2.10. The van der Waals surface area contributed by atoms with Gasteiger partial charge in [-0.25, -0.2) is 9.48 Å². The minimum Gasteiger partial charge on any atom is -0.476 e. The van der Waals surface area contributed by atoms with E-state index < -0.39 is 5.97 Å². The maximum Gasteiger partial charge on any atom is 0.358 e. The smallest absolute Gasteiger partial charge is 0.358 e. The van der Waals surface area contributed by atoms with E-state index in [9.17, 15) is 4.79 Å². The number of ether oxygens (including phenoxy) is 2. The maximum absolute atomic E-state index is 10.6. The molecule has 2 heterocycles. The monoisotopic (exact) mass is 241 g/mol. The molecule has 0 radical (unpaired) electrons. The first kappa shape index (κ1) is 12.0. The summed E-state index contributed by atoms with van der Waals surface area (Å²) in [5.74, 6) is -1.07. The normalized spacial score (nSPS) is 17.2. The van der Waals surface area contributed by atoms with Crippen molar-refractivity contribution in [2.45, 2.75) is 25.5 Å². The fourth-order valence-electron chi connectivity index (χ4n) is 1.66. The maximum atomic E-state index is 10.6. The number of carbonyl (C=O) groups is 1. The molecule has 0 amide bonds.